The Bertz CT molecular complexity index is 282. The summed E-state index contributed by atoms with van der Waals surface area (Å²) in [6, 6.07) is 0. The van der Waals surface area contributed by atoms with Crippen molar-refractivity contribution in [2.45, 2.75) is 26.1 Å². The van der Waals surface area contributed by atoms with Gasteiger partial charge in [-0.15, -0.1) is 0 Å². The molecule has 0 aromatic carbocycles. The molecule has 0 amide bonds. The third-order valence-electron chi connectivity index (χ3n) is 1.73. The molecule has 8 nitrogen and oxygen atoms in total. The van der Waals surface area contributed by atoms with Crippen LogP contribution < -0.4 is 11.1 Å². The van der Waals surface area contributed by atoms with Crippen LogP contribution in [0, 0.1) is 5.41 Å². The van der Waals surface area contributed by atoms with E-state index in [0.29, 0.717) is 0 Å². The van der Waals surface area contributed by atoms with Crippen molar-refractivity contribution in [3.8, 4) is 0 Å². The third-order valence-corrected chi connectivity index (χ3v) is 1.73. The van der Waals surface area contributed by atoms with E-state index in [0.717, 1.165) is 0 Å². The molecule has 0 saturated carbocycles. The molecular formula is C9H18N4O4. The molecular weight excluding hydrogens is 228 g/mol. The summed E-state index contributed by atoms with van der Waals surface area (Å²) in [5, 5.41) is 18.4. The summed E-state index contributed by atoms with van der Waals surface area (Å²) in [4.78, 5) is 14.1. The second-order valence-corrected chi connectivity index (χ2v) is 3.19. The molecule has 0 rings (SSSR count). The first-order chi connectivity index (χ1) is 7.97. The third kappa shape index (κ3) is 8.17. The Kier molecular flexibility index (Phi) is 7.65. The summed E-state index contributed by atoms with van der Waals surface area (Å²) < 4.78 is 10.1. The van der Waals surface area contributed by atoms with Gasteiger partial charge in [0.1, 0.15) is 18.9 Å². The van der Waals surface area contributed by atoms with Crippen LogP contribution in [0.25, 0.3) is 0 Å². The van der Waals surface area contributed by atoms with Gasteiger partial charge in [0.25, 0.3) is 0 Å². The topological polar surface area (TPSA) is 130 Å². The summed E-state index contributed by atoms with van der Waals surface area (Å²) in [6.07, 6.45) is 0.0222. The van der Waals surface area contributed by atoms with Gasteiger partial charge in [-0.2, -0.15) is 0 Å². The molecule has 8 heteroatoms. The van der Waals surface area contributed by atoms with E-state index in [9.17, 15) is 4.79 Å². The zero-order valence-corrected chi connectivity index (χ0v) is 9.84. The highest BCUT2D eigenvalue weighted by molar-refractivity contribution is 5.83. The van der Waals surface area contributed by atoms with Crippen LogP contribution in [-0.2, 0) is 14.3 Å². The Morgan fingerprint density at radius 1 is 1.71 bits per heavy atom. The Morgan fingerprint density at radius 3 is 2.82 bits per heavy atom. The van der Waals surface area contributed by atoms with Gasteiger partial charge in [-0.05, 0) is 6.92 Å². The van der Waals surface area contributed by atoms with Gasteiger partial charge in [0.2, 0.25) is 5.96 Å². The maximum Gasteiger partial charge on any atom is 0.302 e. The van der Waals surface area contributed by atoms with Crippen molar-refractivity contribution in [2.24, 2.45) is 10.7 Å². The molecule has 0 spiro atoms. The fraction of sp³-hybridized carbons (Fsp3) is 0.667. The smallest absolute Gasteiger partial charge is 0.302 e. The number of ether oxygens (including phenoxy) is 2. The maximum atomic E-state index is 10.7. The molecule has 17 heavy (non-hydrogen) atoms. The quantitative estimate of drug-likeness (QED) is 0.146. The Balaban J connectivity index is 3.89. The summed E-state index contributed by atoms with van der Waals surface area (Å²) in [7, 11) is 0. The molecule has 0 fully saturated rings. The van der Waals surface area contributed by atoms with Crippen LogP contribution in [0.15, 0.2) is 4.99 Å². The van der Waals surface area contributed by atoms with Gasteiger partial charge >= 0.3 is 5.97 Å². The van der Waals surface area contributed by atoms with E-state index >= 15 is 0 Å². The van der Waals surface area contributed by atoms with Gasteiger partial charge in [0.05, 0.1) is 12.9 Å². The van der Waals surface area contributed by atoms with Crippen LogP contribution >= 0.6 is 0 Å². The molecule has 0 aromatic rings. The van der Waals surface area contributed by atoms with E-state index in [1.165, 1.54) is 13.3 Å². The lowest BCUT2D eigenvalue weighted by atomic mass is 10.2. The van der Waals surface area contributed by atoms with Gasteiger partial charge in [-0.1, -0.05) is 0 Å². The first kappa shape index (κ1) is 15.3. The first-order valence-electron chi connectivity index (χ1n) is 4.97. The highest BCUT2D eigenvalue weighted by Gasteiger charge is 2.19. The van der Waals surface area contributed by atoms with Crippen LogP contribution in [0.2, 0.25) is 0 Å². The van der Waals surface area contributed by atoms with Gasteiger partial charge < -0.3 is 25.6 Å². The average molecular weight is 246 g/mol. The number of esters is 1. The number of rotatable bonds is 7. The number of carbonyl (C=O) groups excluding carboxylic acids is 1. The van der Waals surface area contributed by atoms with Gasteiger partial charge in [-0.25, -0.2) is 4.99 Å². The number of aliphatic hydroxyl groups is 1. The summed E-state index contributed by atoms with van der Waals surface area (Å²) in [5.74, 6) is -0.768. The Morgan fingerprint density at radius 2 is 2.35 bits per heavy atom. The maximum absolute atomic E-state index is 10.7. The normalized spacial score (nSPS) is 14.3. The van der Waals surface area contributed by atoms with Crippen molar-refractivity contribution in [1.29, 1.82) is 5.41 Å². The predicted molar refractivity (Wildman–Crippen MR) is 61.6 cm³/mol. The van der Waals surface area contributed by atoms with Gasteiger partial charge in [0.15, 0.2) is 0 Å². The van der Waals surface area contributed by atoms with E-state index in [-0.39, 0.29) is 19.3 Å². The molecule has 0 aliphatic rings. The van der Waals surface area contributed by atoms with Crippen LogP contribution in [0.1, 0.15) is 13.8 Å². The lowest BCUT2D eigenvalue weighted by Gasteiger charge is -2.21. The summed E-state index contributed by atoms with van der Waals surface area (Å²) in [6.45, 7) is 2.67. The monoisotopic (exact) mass is 246 g/mol. The molecule has 0 heterocycles. The minimum absolute atomic E-state index is 0.0492. The summed E-state index contributed by atoms with van der Waals surface area (Å²) >= 11 is 0. The van der Waals surface area contributed by atoms with Gasteiger partial charge in [-0.3, -0.25) is 10.2 Å². The van der Waals surface area contributed by atoms with Crippen molar-refractivity contribution in [3.63, 3.8) is 0 Å². The number of hydrogen-bond donors (Lipinski definition) is 4. The molecule has 5 N–H and O–H groups in total. The Hall–Kier alpha value is -1.67. The minimum atomic E-state index is -0.628. The largest absolute Gasteiger partial charge is 0.460 e. The van der Waals surface area contributed by atoms with E-state index in [1.54, 1.807) is 6.92 Å². The highest BCUT2D eigenvalue weighted by Crippen LogP contribution is 2.03. The fourth-order valence-corrected chi connectivity index (χ4v) is 0.982. The molecule has 1 unspecified atom stereocenters. The van der Waals surface area contributed by atoms with E-state index < -0.39 is 18.2 Å². The van der Waals surface area contributed by atoms with E-state index in [1.807, 2.05) is 0 Å². The van der Waals surface area contributed by atoms with Crippen LogP contribution in [0.3, 0.4) is 0 Å². The van der Waals surface area contributed by atoms with Crippen LogP contribution in [-0.4, -0.2) is 48.9 Å². The van der Waals surface area contributed by atoms with Crippen LogP contribution in [0.5, 0.6) is 0 Å². The Labute approximate surface area is 99.3 Å². The number of hydrogen-bond acceptors (Lipinski definition) is 5. The van der Waals surface area contributed by atoms with E-state index in [2.05, 4.69) is 10.3 Å². The SMILES string of the molecule is CC(=O)OC(C)[C@@H](CO)OCN/C=N\C(=N)N. The zero-order valence-electron chi connectivity index (χ0n) is 9.84. The molecule has 0 aliphatic heterocycles. The number of nitrogens with one attached hydrogen (secondary N) is 2. The van der Waals surface area contributed by atoms with Crippen LogP contribution in [0.4, 0.5) is 0 Å². The molecule has 2 atom stereocenters. The van der Waals surface area contributed by atoms with Crippen molar-refractivity contribution in [3.05, 3.63) is 0 Å². The molecule has 0 saturated heterocycles. The number of nitrogens with zero attached hydrogens (tertiary/aromatic N) is 1. The van der Waals surface area contributed by atoms with E-state index in [4.69, 9.17) is 25.7 Å². The lowest BCUT2D eigenvalue weighted by molar-refractivity contribution is -0.155. The second-order valence-electron chi connectivity index (χ2n) is 3.19. The lowest BCUT2D eigenvalue weighted by Crippen LogP contribution is -2.36. The molecule has 0 aromatic heterocycles. The first-order valence-corrected chi connectivity index (χ1v) is 4.97. The molecule has 98 valence electrons. The fourth-order valence-electron chi connectivity index (χ4n) is 0.982. The standard InChI is InChI=1S/C9H18N4O4/c1-6(17-7(2)15)8(3-14)16-5-12-4-13-9(10)11/h4,6,8,14H,3,5H2,1-2H3,(H4,10,11,12,13)/t6?,8-/m1/s1. The molecule has 0 bridgehead atoms. The minimum Gasteiger partial charge on any atom is -0.460 e. The average Bonchev–Trinajstić information content (AvgIpc) is 2.21. The number of aliphatic imine (C=N–C) groups is 1. The van der Waals surface area contributed by atoms with Crippen molar-refractivity contribution in [1.82, 2.24) is 5.32 Å². The number of carbonyl (C=O) groups is 1. The van der Waals surface area contributed by atoms with Crippen molar-refractivity contribution in [2.75, 3.05) is 13.3 Å². The highest BCUT2D eigenvalue weighted by atomic mass is 16.6. The van der Waals surface area contributed by atoms with Crippen molar-refractivity contribution >= 4 is 18.3 Å². The second kappa shape index (κ2) is 8.48. The zero-order chi connectivity index (χ0) is 13.3. The predicted octanol–water partition coefficient (Wildman–Crippen LogP) is -1.22. The van der Waals surface area contributed by atoms with Crippen molar-refractivity contribution < 1.29 is 19.4 Å². The number of nitrogens with two attached hydrogens (primary N) is 1. The summed E-state index contributed by atoms with van der Waals surface area (Å²) in [5.41, 5.74) is 4.97. The molecule has 0 aliphatic carbocycles. The molecule has 0 radical (unpaired) electrons. The number of guanidine groups is 1. The van der Waals surface area contributed by atoms with Gasteiger partial charge in [0, 0.05) is 6.92 Å². The number of aliphatic hydroxyl groups excluding tert-OH is 1.